The Morgan fingerprint density at radius 3 is 2.50 bits per heavy atom. The molecule has 1 rings (SSSR count). The van der Waals surface area contributed by atoms with Crippen molar-refractivity contribution in [3.05, 3.63) is 23.8 Å². The van der Waals surface area contributed by atoms with Crippen LogP contribution in [-0.4, -0.2) is 19.3 Å². The van der Waals surface area contributed by atoms with Crippen LogP contribution < -0.4 is 16.2 Å². The SMILES string of the molecule is COc1ccc(COC(C)[C@@H](C)N)cc1N. The topological polar surface area (TPSA) is 70.5 Å². The van der Waals surface area contributed by atoms with Crippen molar-refractivity contribution in [2.75, 3.05) is 12.8 Å². The van der Waals surface area contributed by atoms with Crippen molar-refractivity contribution < 1.29 is 9.47 Å². The third kappa shape index (κ3) is 3.40. The van der Waals surface area contributed by atoms with Crippen molar-refractivity contribution in [1.29, 1.82) is 0 Å². The Kier molecular flexibility index (Phi) is 4.58. The first-order valence-electron chi connectivity index (χ1n) is 5.34. The minimum absolute atomic E-state index is 0.0237. The van der Waals surface area contributed by atoms with E-state index < -0.39 is 0 Å². The van der Waals surface area contributed by atoms with Gasteiger partial charge in [-0.1, -0.05) is 6.07 Å². The van der Waals surface area contributed by atoms with Gasteiger partial charge in [0.05, 0.1) is 25.5 Å². The van der Waals surface area contributed by atoms with Crippen molar-refractivity contribution in [3.63, 3.8) is 0 Å². The molecule has 2 atom stereocenters. The lowest BCUT2D eigenvalue weighted by molar-refractivity contribution is 0.0398. The monoisotopic (exact) mass is 224 g/mol. The average Bonchev–Trinajstić information content (AvgIpc) is 2.25. The molecule has 4 N–H and O–H groups in total. The fraction of sp³-hybridized carbons (Fsp3) is 0.500. The van der Waals surface area contributed by atoms with E-state index in [1.54, 1.807) is 7.11 Å². The zero-order valence-corrected chi connectivity index (χ0v) is 10.1. The summed E-state index contributed by atoms with van der Waals surface area (Å²) in [6.45, 7) is 4.39. The number of benzene rings is 1. The molecule has 0 fully saturated rings. The van der Waals surface area contributed by atoms with Crippen molar-refractivity contribution in [3.8, 4) is 5.75 Å². The molecule has 0 aliphatic heterocycles. The fourth-order valence-corrected chi connectivity index (χ4v) is 1.25. The van der Waals surface area contributed by atoms with E-state index in [-0.39, 0.29) is 12.1 Å². The Hall–Kier alpha value is -1.26. The smallest absolute Gasteiger partial charge is 0.141 e. The Morgan fingerprint density at radius 2 is 2.00 bits per heavy atom. The van der Waals surface area contributed by atoms with Crippen LogP contribution in [-0.2, 0) is 11.3 Å². The molecule has 1 unspecified atom stereocenters. The molecule has 0 aromatic heterocycles. The minimum atomic E-state index is 0.0237. The molecule has 0 radical (unpaired) electrons. The molecule has 0 aliphatic carbocycles. The van der Waals surface area contributed by atoms with Crippen LogP contribution in [0.5, 0.6) is 5.75 Å². The molecule has 0 saturated carbocycles. The molecular weight excluding hydrogens is 204 g/mol. The predicted molar refractivity (Wildman–Crippen MR) is 65.3 cm³/mol. The quantitative estimate of drug-likeness (QED) is 0.744. The highest BCUT2D eigenvalue weighted by Gasteiger charge is 2.08. The molecule has 0 aliphatic rings. The van der Waals surface area contributed by atoms with Gasteiger partial charge in [0.1, 0.15) is 5.75 Å². The van der Waals surface area contributed by atoms with Gasteiger partial charge in [0.15, 0.2) is 0 Å². The number of nitrogen functional groups attached to an aromatic ring is 1. The second-order valence-corrected chi connectivity index (χ2v) is 3.95. The summed E-state index contributed by atoms with van der Waals surface area (Å²) in [6.07, 6.45) is 0.0309. The van der Waals surface area contributed by atoms with E-state index in [9.17, 15) is 0 Å². The van der Waals surface area contributed by atoms with Gasteiger partial charge in [0.25, 0.3) is 0 Å². The second-order valence-electron chi connectivity index (χ2n) is 3.95. The maximum absolute atomic E-state index is 5.79. The molecule has 1 aromatic carbocycles. The molecule has 0 bridgehead atoms. The standard InChI is InChI=1S/C12H20N2O2/c1-8(13)9(2)16-7-10-4-5-12(15-3)11(14)6-10/h4-6,8-9H,7,13-14H2,1-3H3/t8-,9?/m1/s1. The molecule has 0 saturated heterocycles. The van der Waals surface area contributed by atoms with Gasteiger partial charge < -0.3 is 20.9 Å². The molecule has 16 heavy (non-hydrogen) atoms. The molecule has 0 spiro atoms. The van der Waals surface area contributed by atoms with Gasteiger partial charge in [-0.25, -0.2) is 0 Å². The first-order chi connectivity index (χ1) is 7.54. The van der Waals surface area contributed by atoms with Crippen LogP contribution in [0.25, 0.3) is 0 Å². The molecule has 0 heterocycles. The van der Waals surface area contributed by atoms with Gasteiger partial charge in [-0.05, 0) is 31.5 Å². The molecule has 90 valence electrons. The number of rotatable bonds is 5. The van der Waals surface area contributed by atoms with Crippen LogP contribution in [0, 0.1) is 0 Å². The van der Waals surface area contributed by atoms with Crippen molar-refractivity contribution >= 4 is 5.69 Å². The van der Waals surface area contributed by atoms with E-state index >= 15 is 0 Å². The largest absolute Gasteiger partial charge is 0.495 e. The molecular formula is C12H20N2O2. The number of hydrogen-bond acceptors (Lipinski definition) is 4. The van der Waals surface area contributed by atoms with Gasteiger partial charge in [-0.2, -0.15) is 0 Å². The van der Waals surface area contributed by atoms with Gasteiger partial charge >= 0.3 is 0 Å². The second kappa shape index (κ2) is 5.72. The van der Waals surface area contributed by atoms with Crippen LogP contribution >= 0.6 is 0 Å². The summed E-state index contributed by atoms with van der Waals surface area (Å²) in [5, 5.41) is 0. The number of nitrogens with two attached hydrogens (primary N) is 2. The molecule has 1 aromatic rings. The van der Waals surface area contributed by atoms with Crippen LogP contribution in [0.3, 0.4) is 0 Å². The minimum Gasteiger partial charge on any atom is -0.495 e. The fourth-order valence-electron chi connectivity index (χ4n) is 1.25. The molecule has 4 nitrogen and oxygen atoms in total. The lowest BCUT2D eigenvalue weighted by Crippen LogP contribution is -2.31. The normalized spacial score (nSPS) is 14.5. The van der Waals surface area contributed by atoms with E-state index in [2.05, 4.69) is 0 Å². The van der Waals surface area contributed by atoms with E-state index in [1.165, 1.54) is 0 Å². The highest BCUT2D eigenvalue weighted by molar-refractivity contribution is 5.54. The summed E-state index contributed by atoms with van der Waals surface area (Å²) in [5.74, 6) is 0.684. The average molecular weight is 224 g/mol. The predicted octanol–water partition coefficient (Wildman–Crippen LogP) is 1.53. The van der Waals surface area contributed by atoms with E-state index in [0.29, 0.717) is 18.0 Å². The van der Waals surface area contributed by atoms with Gasteiger partial charge in [-0.15, -0.1) is 0 Å². The Bertz CT molecular complexity index is 340. The van der Waals surface area contributed by atoms with E-state index in [0.717, 1.165) is 5.56 Å². The third-order valence-electron chi connectivity index (χ3n) is 2.55. The zero-order chi connectivity index (χ0) is 12.1. The Balaban J connectivity index is 2.58. The first kappa shape index (κ1) is 12.8. The summed E-state index contributed by atoms with van der Waals surface area (Å²) >= 11 is 0. The number of hydrogen-bond donors (Lipinski definition) is 2. The number of methoxy groups -OCH3 is 1. The summed E-state index contributed by atoms with van der Waals surface area (Å²) in [5.41, 5.74) is 13.1. The van der Waals surface area contributed by atoms with Crippen LogP contribution in [0.15, 0.2) is 18.2 Å². The van der Waals surface area contributed by atoms with Crippen molar-refractivity contribution in [2.24, 2.45) is 5.73 Å². The Labute approximate surface area is 96.5 Å². The first-order valence-corrected chi connectivity index (χ1v) is 5.34. The van der Waals surface area contributed by atoms with E-state index in [1.807, 2.05) is 32.0 Å². The Morgan fingerprint density at radius 1 is 1.31 bits per heavy atom. The van der Waals surface area contributed by atoms with Gasteiger partial charge in [0, 0.05) is 6.04 Å². The summed E-state index contributed by atoms with van der Waals surface area (Å²) in [6, 6.07) is 5.65. The van der Waals surface area contributed by atoms with Gasteiger partial charge in [-0.3, -0.25) is 0 Å². The van der Waals surface area contributed by atoms with Crippen LogP contribution in [0.1, 0.15) is 19.4 Å². The van der Waals surface area contributed by atoms with Crippen LogP contribution in [0.2, 0.25) is 0 Å². The lowest BCUT2D eigenvalue weighted by atomic mass is 10.2. The van der Waals surface area contributed by atoms with Gasteiger partial charge in [0.2, 0.25) is 0 Å². The summed E-state index contributed by atoms with van der Waals surface area (Å²) in [4.78, 5) is 0. The van der Waals surface area contributed by atoms with Crippen molar-refractivity contribution in [2.45, 2.75) is 32.6 Å². The summed E-state index contributed by atoms with van der Waals surface area (Å²) in [7, 11) is 1.60. The lowest BCUT2D eigenvalue weighted by Gasteiger charge is -2.16. The number of anilines is 1. The maximum Gasteiger partial charge on any atom is 0.141 e. The maximum atomic E-state index is 5.79. The zero-order valence-electron chi connectivity index (χ0n) is 10.1. The molecule has 0 amide bonds. The highest BCUT2D eigenvalue weighted by atomic mass is 16.5. The van der Waals surface area contributed by atoms with E-state index in [4.69, 9.17) is 20.9 Å². The third-order valence-corrected chi connectivity index (χ3v) is 2.55. The molecule has 4 heteroatoms. The van der Waals surface area contributed by atoms with Crippen LogP contribution in [0.4, 0.5) is 5.69 Å². The highest BCUT2D eigenvalue weighted by Crippen LogP contribution is 2.22. The number of ether oxygens (including phenoxy) is 2. The van der Waals surface area contributed by atoms with Crippen molar-refractivity contribution in [1.82, 2.24) is 0 Å². The summed E-state index contributed by atoms with van der Waals surface area (Å²) < 4.78 is 10.7.